The average Bonchev–Trinajstić information content (AvgIpc) is 3.14. The van der Waals surface area contributed by atoms with Crippen molar-refractivity contribution in [1.82, 2.24) is 9.88 Å². The third-order valence-corrected chi connectivity index (χ3v) is 5.10. The number of carbonyl (C=O) groups excluding carboxylic acids is 3. The first kappa shape index (κ1) is 20.7. The molecule has 2 atom stereocenters. The Bertz CT molecular complexity index is 943. The quantitative estimate of drug-likeness (QED) is 0.768. The summed E-state index contributed by atoms with van der Waals surface area (Å²) >= 11 is 0. The molecule has 1 aliphatic heterocycles. The fourth-order valence-electron chi connectivity index (χ4n) is 3.88. The Kier molecular flexibility index (Phi) is 5.55. The molecule has 2 unspecified atom stereocenters. The second kappa shape index (κ2) is 7.77. The van der Waals surface area contributed by atoms with Gasteiger partial charge in [0.15, 0.2) is 0 Å². The maximum Gasteiger partial charge on any atom is 0.410 e. The molecule has 2 heterocycles. The van der Waals surface area contributed by atoms with E-state index in [0.29, 0.717) is 24.0 Å². The van der Waals surface area contributed by atoms with E-state index in [4.69, 9.17) is 15.2 Å². The van der Waals surface area contributed by atoms with Crippen LogP contribution in [0.4, 0.5) is 4.79 Å². The lowest BCUT2D eigenvalue weighted by molar-refractivity contribution is -0.147. The molecule has 156 valence electrons. The number of piperidine rings is 1. The number of carbonyl (C=O) groups is 3. The minimum atomic E-state index is -0.637. The summed E-state index contributed by atoms with van der Waals surface area (Å²) in [7, 11) is 1.34. The van der Waals surface area contributed by atoms with Crippen molar-refractivity contribution in [3.63, 3.8) is 0 Å². The number of nitrogens with one attached hydrogen (secondary N) is 1. The van der Waals surface area contributed by atoms with E-state index in [2.05, 4.69) is 4.98 Å². The smallest absolute Gasteiger partial charge is 0.410 e. The molecule has 0 bridgehead atoms. The lowest BCUT2D eigenvalue weighted by atomic mass is 9.83. The Morgan fingerprint density at radius 2 is 1.90 bits per heavy atom. The number of methoxy groups -OCH3 is 1. The van der Waals surface area contributed by atoms with Crippen LogP contribution in [0.25, 0.3) is 10.9 Å². The Labute approximate surface area is 169 Å². The molecule has 1 fully saturated rings. The zero-order valence-electron chi connectivity index (χ0n) is 17.2. The second-order valence-electron chi connectivity index (χ2n) is 8.37. The number of benzene rings is 1. The molecular formula is C21H27N3O5. The van der Waals surface area contributed by atoms with Gasteiger partial charge in [-0.15, -0.1) is 0 Å². The van der Waals surface area contributed by atoms with Gasteiger partial charge < -0.3 is 25.1 Å². The molecule has 0 aliphatic carbocycles. The molecule has 1 aliphatic rings. The largest absolute Gasteiger partial charge is 0.469 e. The molecular weight excluding hydrogens is 374 g/mol. The number of rotatable bonds is 3. The van der Waals surface area contributed by atoms with Crippen molar-refractivity contribution in [3.05, 3.63) is 35.5 Å². The van der Waals surface area contributed by atoms with E-state index in [-0.39, 0.29) is 18.4 Å². The second-order valence-corrected chi connectivity index (χ2v) is 8.37. The molecule has 8 heteroatoms. The van der Waals surface area contributed by atoms with Crippen molar-refractivity contribution >= 4 is 28.9 Å². The van der Waals surface area contributed by atoms with Gasteiger partial charge in [0.1, 0.15) is 5.60 Å². The highest BCUT2D eigenvalue weighted by Gasteiger charge is 2.37. The van der Waals surface area contributed by atoms with Gasteiger partial charge >= 0.3 is 12.1 Å². The van der Waals surface area contributed by atoms with Crippen LogP contribution < -0.4 is 5.73 Å². The highest BCUT2D eigenvalue weighted by molar-refractivity contribution is 6.05. The van der Waals surface area contributed by atoms with Gasteiger partial charge in [0, 0.05) is 30.6 Å². The van der Waals surface area contributed by atoms with E-state index in [9.17, 15) is 14.4 Å². The number of ether oxygens (including phenoxy) is 2. The third kappa shape index (κ3) is 4.36. The molecule has 1 aromatic carbocycles. The van der Waals surface area contributed by atoms with Crippen LogP contribution in [0.2, 0.25) is 0 Å². The minimum Gasteiger partial charge on any atom is -0.469 e. The Morgan fingerprint density at radius 1 is 1.17 bits per heavy atom. The van der Waals surface area contributed by atoms with Gasteiger partial charge in [0.05, 0.1) is 24.1 Å². The summed E-state index contributed by atoms with van der Waals surface area (Å²) in [4.78, 5) is 41.3. The lowest BCUT2D eigenvalue weighted by Crippen LogP contribution is -2.47. The zero-order valence-corrected chi connectivity index (χ0v) is 17.2. The lowest BCUT2D eigenvalue weighted by Gasteiger charge is -2.37. The number of nitrogens with zero attached hydrogens (tertiary/aromatic N) is 1. The fourth-order valence-corrected chi connectivity index (χ4v) is 3.88. The van der Waals surface area contributed by atoms with Crippen LogP contribution in [-0.2, 0) is 14.3 Å². The predicted octanol–water partition coefficient (Wildman–Crippen LogP) is 2.78. The van der Waals surface area contributed by atoms with Crippen LogP contribution in [0, 0.1) is 5.92 Å². The molecule has 8 nitrogen and oxygen atoms in total. The number of aromatic nitrogens is 1. The van der Waals surface area contributed by atoms with Crippen molar-refractivity contribution < 1.29 is 23.9 Å². The summed E-state index contributed by atoms with van der Waals surface area (Å²) in [5, 5.41) is 0.848. The Hall–Kier alpha value is -3.03. The van der Waals surface area contributed by atoms with Gasteiger partial charge in [0.2, 0.25) is 0 Å². The Balaban J connectivity index is 1.97. The third-order valence-electron chi connectivity index (χ3n) is 5.10. The number of nitrogens with two attached hydrogens (primary N) is 1. The molecule has 1 aromatic heterocycles. The summed E-state index contributed by atoms with van der Waals surface area (Å²) in [5.74, 6) is -1.46. The van der Waals surface area contributed by atoms with Crippen LogP contribution in [0.5, 0.6) is 0 Å². The van der Waals surface area contributed by atoms with Crippen LogP contribution in [0.15, 0.2) is 24.4 Å². The number of esters is 1. The summed E-state index contributed by atoms with van der Waals surface area (Å²) in [6.07, 6.45) is 1.81. The molecule has 29 heavy (non-hydrogen) atoms. The highest BCUT2D eigenvalue weighted by Crippen LogP contribution is 2.36. The van der Waals surface area contributed by atoms with Gasteiger partial charge in [-0.25, -0.2) is 4.79 Å². The van der Waals surface area contributed by atoms with Crippen molar-refractivity contribution in [2.24, 2.45) is 11.7 Å². The number of hydrogen-bond acceptors (Lipinski definition) is 5. The highest BCUT2D eigenvalue weighted by atomic mass is 16.6. The topological polar surface area (TPSA) is 115 Å². The number of hydrogen-bond donors (Lipinski definition) is 2. The molecule has 3 N–H and O–H groups in total. The number of fused-ring (bicyclic) bond motifs is 1. The molecule has 0 radical (unpaired) electrons. The van der Waals surface area contributed by atoms with Crippen molar-refractivity contribution in [3.8, 4) is 0 Å². The number of aromatic amines is 1. The summed E-state index contributed by atoms with van der Waals surface area (Å²) in [6.45, 7) is 6.05. The monoisotopic (exact) mass is 401 g/mol. The normalized spacial score (nSPS) is 19.8. The summed E-state index contributed by atoms with van der Waals surface area (Å²) in [6, 6.07) is 5.39. The summed E-state index contributed by atoms with van der Waals surface area (Å²) < 4.78 is 10.5. The SMILES string of the molecule is COC(=O)C1CC(c2ccc(C(N)=O)c3[nH]ccc23)CN(C(=O)OC(C)(C)C)C1. The number of primary amides is 1. The predicted molar refractivity (Wildman–Crippen MR) is 107 cm³/mol. The molecule has 0 saturated carbocycles. The van der Waals surface area contributed by atoms with E-state index in [0.717, 1.165) is 10.9 Å². The number of amides is 2. The number of H-pyrrole nitrogens is 1. The van der Waals surface area contributed by atoms with Gasteiger partial charge in [-0.05, 0) is 44.9 Å². The van der Waals surface area contributed by atoms with Gasteiger partial charge in [0.25, 0.3) is 5.91 Å². The first-order chi connectivity index (χ1) is 13.6. The van der Waals surface area contributed by atoms with E-state index >= 15 is 0 Å². The van der Waals surface area contributed by atoms with E-state index in [1.807, 2.05) is 12.1 Å². The molecule has 2 aromatic rings. The minimum absolute atomic E-state index is 0.124. The van der Waals surface area contributed by atoms with Crippen LogP contribution in [-0.4, -0.2) is 53.7 Å². The van der Waals surface area contributed by atoms with Gasteiger partial charge in [-0.1, -0.05) is 6.07 Å². The van der Waals surface area contributed by atoms with Crippen molar-refractivity contribution in [2.45, 2.75) is 38.7 Å². The van der Waals surface area contributed by atoms with Gasteiger partial charge in [-0.2, -0.15) is 0 Å². The van der Waals surface area contributed by atoms with Crippen LogP contribution in [0.1, 0.15) is 49.0 Å². The van der Waals surface area contributed by atoms with Crippen LogP contribution >= 0.6 is 0 Å². The van der Waals surface area contributed by atoms with Gasteiger partial charge in [-0.3, -0.25) is 9.59 Å². The maximum absolute atomic E-state index is 12.7. The standard InChI is InChI=1S/C21H27N3O5/c1-21(2,3)29-20(27)24-10-12(9-13(11-24)19(26)28-4)14-5-6-16(18(22)25)17-15(14)7-8-23-17/h5-8,12-13,23H,9-11H2,1-4H3,(H2,22,25). The molecule has 1 saturated heterocycles. The molecule has 3 rings (SSSR count). The average molecular weight is 401 g/mol. The fraction of sp³-hybridized carbons (Fsp3) is 0.476. The molecule has 2 amide bonds. The van der Waals surface area contributed by atoms with Crippen molar-refractivity contribution in [2.75, 3.05) is 20.2 Å². The summed E-state index contributed by atoms with van der Waals surface area (Å²) in [5.41, 5.74) is 6.83. The van der Waals surface area contributed by atoms with E-state index in [1.54, 1.807) is 37.9 Å². The van der Waals surface area contributed by atoms with Crippen LogP contribution in [0.3, 0.4) is 0 Å². The number of likely N-dealkylation sites (tertiary alicyclic amines) is 1. The Morgan fingerprint density at radius 3 is 2.52 bits per heavy atom. The van der Waals surface area contributed by atoms with E-state index in [1.165, 1.54) is 7.11 Å². The maximum atomic E-state index is 12.7. The molecule has 0 spiro atoms. The zero-order chi connectivity index (χ0) is 21.3. The van der Waals surface area contributed by atoms with Crippen molar-refractivity contribution in [1.29, 1.82) is 0 Å². The first-order valence-electron chi connectivity index (χ1n) is 9.56. The first-order valence-corrected chi connectivity index (χ1v) is 9.56. The van der Waals surface area contributed by atoms with E-state index < -0.39 is 23.5 Å².